The molecule has 236 valence electrons. The van der Waals surface area contributed by atoms with Crippen molar-refractivity contribution < 1.29 is 28.7 Å². The lowest BCUT2D eigenvalue weighted by molar-refractivity contribution is -0.131. The Kier molecular flexibility index (Phi) is 12.3. The summed E-state index contributed by atoms with van der Waals surface area (Å²) in [5.74, 6) is -1.58. The lowest BCUT2D eigenvalue weighted by Crippen LogP contribution is -2.34. The number of ether oxygens (including phenoxy) is 2. The molecule has 10 nitrogen and oxygen atoms in total. The first-order chi connectivity index (χ1) is 22.3. The summed E-state index contributed by atoms with van der Waals surface area (Å²) in [7, 11) is 0. The lowest BCUT2D eigenvalue weighted by Gasteiger charge is -2.19. The van der Waals surface area contributed by atoms with Gasteiger partial charge >= 0.3 is 11.9 Å². The van der Waals surface area contributed by atoms with Gasteiger partial charge in [0.2, 0.25) is 11.8 Å². The van der Waals surface area contributed by atoms with Gasteiger partial charge < -0.3 is 31.6 Å². The lowest BCUT2D eigenvalue weighted by atomic mass is 9.98. The van der Waals surface area contributed by atoms with Crippen molar-refractivity contribution in [3.8, 4) is 11.5 Å². The fourth-order valence-corrected chi connectivity index (χ4v) is 4.68. The van der Waals surface area contributed by atoms with Crippen LogP contribution in [0.2, 0.25) is 0 Å². The number of benzene rings is 4. The molecule has 0 aromatic heterocycles. The molecule has 4 aromatic carbocycles. The molecule has 4 rings (SSSR count). The van der Waals surface area contributed by atoms with Crippen molar-refractivity contribution in [3.05, 3.63) is 144 Å². The molecular weight excluding hydrogens is 584 g/mol. The maximum atomic E-state index is 12.4. The minimum absolute atomic E-state index is 0.134. The van der Waals surface area contributed by atoms with Gasteiger partial charge in [0.25, 0.3) is 0 Å². The molecule has 0 aliphatic rings. The fourth-order valence-electron chi connectivity index (χ4n) is 4.68. The van der Waals surface area contributed by atoms with E-state index in [9.17, 15) is 19.2 Å². The molecule has 0 fully saturated rings. The largest absolute Gasteiger partial charge is 0.423 e. The number of nitrogens with one attached hydrogen (secondary N) is 2. The molecule has 2 amide bonds. The highest BCUT2D eigenvalue weighted by Gasteiger charge is 2.17. The van der Waals surface area contributed by atoms with Gasteiger partial charge in [-0.3, -0.25) is 9.59 Å². The maximum Gasteiger partial charge on any atom is 0.336 e. The number of hydrogen-bond donors (Lipinski definition) is 4. The Balaban J connectivity index is 1.32. The van der Waals surface area contributed by atoms with Gasteiger partial charge in [-0.25, -0.2) is 9.59 Å². The summed E-state index contributed by atoms with van der Waals surface area (Å²) in [5, 5.41) is 5.83. The van der Waals surface area contributed by atoms with Gasteiger partial charge in [-0.2, -0.15) is 0 Å². The second kappa shape index (κ2) is 17.0. The first-order valence-corrected chi connectivity index (χ1v) is 14.7. The smallest absolute Gasteiger partial charge is 0.336 e. The molecule has 0 bridgehead atoms. The van der Waals surface area contributed by atoms with Crippen LogP contribution in [0.1, 0.15) is 34.3 Å². The van der Waals surface area contributed by atoms with Gasteiger partial charge in [0.05, 0.1) is 25.2 Å². The highest BCUT2D eigenvalue weighted by molar-refractivity contribution is 5.93. The summed E-state index contributed by atoms with van der Waals surface area (Å²) < 4.78 is 10.6. The van der Waals surface area contributed by atoms with Gasteiger partial charge in [0, 0.05) is 12.2 Å². The third-order valence-corrected chi connectivity index (χ3v) is 6.96. The average molecular weight is 621 g/mol. The van der Waals surface area contributed by atoms with E-state index in [4.69, 9.17) is 20.9 Å². The van der Waals surface area contributed by atoms with E-state index in [1.165, 1.54) is 0 Å². The van der Waals surface area contributed by atoms with Crippen molar-refractivity contribution in [3.63, 3.8) is 0 Å². The van der Waals surface area contributed by atoms with Crippen LogP contribution in [0.15, 0.2) is 121 Å². The van der Waals surface area contributed by atoms with Crippen LogP contribution in [0.5, 0.6) is 11.5 Å². The molecule has 4 aromatic rings. The van der Waals surface area contributed by atoms with Crippen LogP contribution in [-0.4, -0.2) is 36.8 Å². The summed E-state index contributed by atoms with van der Waals surface area (Å²) in [6, 6.07) is 32.2. The van der Waals surface area contributed by atoms with Crippen LogP contribution in [-0.2, 0) is 32.0 Å². The van der Waals surface area contributed by atoms with E-state index in [-0.39, 0.29) is 48.5 Å². The van der Waals surface area contributed by atoms with Crippen molar-refractivity contribution in [1.29, 1.82) is 0 Å². The predicted molar refractivity (Wildman–Crippen MR) is 173 cm³/mol. The van der Waals surface area contributed by atoms with Gasteiger partial charge in [0.15, 0.2) is 0 Å². The zero-order valence-electron chi connectivity index (χ0n) is 25.1. The second-order valence-corrected chi connectivity index (χ2v) is 10.3. The highest BCUT2D eigenvalue weighted by atomic mass is 16.5. The molecule has 0 saturated carbocycles. The van der Waals surface area contributed by atoms with Crippen molar-refractivity contribution in [2.24, 2.45) is 11.5 Å². The molecular formula is C36H36N4O6. The second-order valence-electron chi connectivity index (χ2n) is 10.3. The molecule has 2 unspecified atom stereocenters. The summed E-state index contributed by atoms with van der Waals surface area (Å²) in [6.45, 7) is -0.268. The highest BCUT2D eigenvalue weighted by Crippen LogP contribution is 2.23. The monoisotopic (exact) mass is 620 g/mol. The van der Waals surface area contributed by atoms with Crippen molar-refractivity contribution in [1.82, 2.24) is 10.6 Å². The summed E-state index contributed by atoms with van der Waals surface area (Å²) in [5.41, 5.74) is 14.7. The average Bonchev–Trinajstić information content (AvgIpc) is 3.08. The van der Waals surface area contributed by atoms with Crippen LogP contribution in [0.3, 0.4) is 0 Å². The SMILES string of the molecule is NCC(=O)NC(Cc1ccccc1)c1ccc(OC(=O)/C=C\C(=O)Oc2ccc(C(Cc3ccccc3)NC(=O)CN)cc2)cc1. The van der Waals surface area contributed by atoms with E-state index in [0.29, 0.717) is 12.8 Å². The Morgan fingerprint density at radius 2 is 0.891 bits per heavy atom. The molecule has 0 spiro atoms. The van der Waals surface area contributed by atoms with Gasteiger partial charge in [-0.1, -0.05) is 84.9 Å². The third-order valence-electron chi connectivity index (χ3n) is 6.96. The van der Waals surface area contributed by atoms with Crippen molar-refractivity contribution in [2.45, 2.75) is 24.9 Å². The number of amides is 2. The van der Waals surface area contributed by atoms with E-state index in [1.807, 2.05) is 60.7 Å². The molecule has 0 heterocycles. The zero-order valence-corrected chi connectivity index (χ0v) is 25.1. The molecule has 6 N–H and O–H groups in total. The van der Waals surface area contributed by atoms with E-state index in [2.05, 4.69) is 10.6 Å². The van der Waals surface area contributed by atoms with E-state index in [1.54, 1.807) is 48.5 Å². The molecule has 0 saturated heterocycles. The van der Waals surface area contributed by atoms with Crippen molar-refractivity contribution >= 4 is 23.8 Å². The normalized spacial score (nSPS) is 12.1. The van der Waals surface area contributed by atoms with E-state index < -0.39 is 11.9 Å². The first kappa shape index (κ1) is 33.3. The molecule has 10 heteroatoms. The fraction of sp³-hybridized carbons (Fsp3) is 0.167. The van der Waals surface area contributed by atoms with Gasteiger partial charge in [-0.15, -0.1) is 0 Å². The number of nitrogens with two attached hydrogens (primary N) is 2. The molecule has 0 radical (unpaired) electrons. The summed E-state index contributed by atoms with van der Waals surface area (Å²) in [4.78, 5) is 48.8. The Morgan fingerprint density at radius 3 is 1.22 bits per heavy atom. The molecule has 0 aliphatic carbocycles. The Morgan fingerprint density at radius 1 is 0.543 bits per heavy atom. The Labute approximate surface area is 267 Å². The third kappa shape index (κ3) is 10.5. The van der Waals surface area contributed by atoms with Crippen LogP contribution in [0.4, 0.5) is 0 Å². The standard InChI is InChI=1S/C36H36N4O6/c37-23-33(41)39-31(21-25-7-3-1-4-8-25)27-11-15-29(16-12-27)45-35(43)19-20-36(44)46-30-17-13-28(14-18-30)32(40-34(42)24-38)22-26-9-5-2-6-10-26/h1-20,31-32H,21-24,37-38H2,(H,39,41)(H,40,42)/b20-19-. The Hall–Kier alpha value is -5.58. The number of rotatable bonds is 14. The van der Waals surface area contributed by atoms with Crippen LogP contribution in [0.25, 0.3) is 0 Å². The molecule has 2 atom stereocenters. The summed E-state index contributed by atoms with van der Waals surface area (Å²) >= 11 is 0. The Bertz CT molecular complexity index is 1500. The van der Waals surface area contributed by atoms with Crippen LogP contribution < -0.4 is 31.6 Å². The maximum absolute atomic E-state index is 12.4. The van der Waals surface area contributed by atoms with Gasteiger partial charge in [0.1, 0.15) is 11.5 Å². The zero-order chi connectivity index (χ0) is 32.7. The van der Waals surface area contributed by atoms with E-state index in [0.717, 1.165) is 34.4 Å². The number of carbonyl (C=O) groups is 4. The van der Waals surface area contributed by atoms with Gasteiger partial charge in [-0.05, 0) is 59.4 Å². The van der Waals surface area contributed by atoms with Crippen molar-refractivity contribution in [2.75, 3.05) is 13.1 Å². The summed E-state index contributed by atoms with van der Waals surface area (Å²) in [6.07, 6.45) is 3.06. The molecule has 46 heavy (non-hydrogen) atoms. The first-order valence-electron chi connectivity index (χ1n) is 14.7. The predicted octanol–water partition coefficient (Wildman–Crippen LogP) is 3.47. The van der Waals surface area contributed by atoms with Crippen LogP contribution >= 0.6 is 0 Å². The quantitative estimate of drug-likeness (QED) is 0.0946. The molecule has 0 aliphatic heterocycles. The van der Waals surface area contributed by atoms with Crippen LogP contribution in [0, 0.1) is 0 Å². The minimum atomic E-state index is -0.767. The number of esters is 2. The number of carbonyl (C=O) groups excluding carboxylic acids is 4. The minimum Gasteiger partial charge on any atom is -0.423 e. The van der Waals surface area contributed by atoms with E-state index >= 15 is 0 Å². The topological polar surface area (TPSA) is 163 Å². The number of hydrogen-bond acceptors (Lipinski definition) is 8.